The summed E-state index contributed by atoms with van der Waals surface area (Å²) in [6.45, 7) is 3.95. The lowest BCUT2D eigenvalue weighted by molar-refractivity contribution is -0.932. The Kier molecular flexibility index (Phi) is 3.60. The molecule has 1 unspecified atom stereocenters. The predicted molar refractivity (Wildman–Crippen MR) is 89.9 cm³/mol. The smallest absolute Gasteiger partial charge is 0.259 e. The molecular weight excluding hydrogens is 314 g/mol. The molecule has 0 aromatic carbocycles. The molecule has 1 N–H and O–H groups in total. The van der Waals surface area contributed by atoms with E-state index in [4.69, 9.17) is 4.98 Å². The van der Waals surface area contributed by atoms with Crippen molar-refractivity contribution in [1.82, 2.24) is 9.38 Å². The number of rotatable bonds is 3. The molecular formula is C16H18N3OS2+. The van der Waals surface area contributed by atoms with E-state index >= 15 is 0 Å². The zero-order valence-corrected chi connectivity index (χ0v) is 14.0. The monoisotopic (exact) mass is 332 g/mol. The van der Waals surface area contributed by atoms with Gasteiger partial charge in [-0.3, -0.25) is 9.20 Å². The van der Waals surface area contributed by atoms with Crippen LogP contribution in [0.1, 0.15) is 35.1 Å². The fourth-order valence-corrected chi connectivity index (χ4v) is 5.19. The van der Waals surface area contributed by atoms with Gasteiger partial charge in [0.2, 0.25) is 0 Å². The van der Waals surface area contributed by atoms with Gasteiger partial charge in [0.05, 0.1) is 11.4 Å². The SMILES string of the molecule is Cc1csc2nc(C[NH+]3CCC[C@@H]3c3cccs3)cc(=O)n12. The second-order valence-corrected chi connectivity index (χ2v) is 7.69. The number of thiazole rings is 1. The summed E-state index contributed by atoms with van der Waals surface area (Å²) in [5.74, 6) is 0. The van der Waals surface area contributed by atoms with Crippen molar-refractivity contribution < 1.29 is 4.90 Å². The number of aryl methyl sites for hydroxylation is 1. The molecule has 4 nitrogen and oxygen atoms in total. The molecule has 1 aliphatic heterocycles. The van der Waals surface area contributed by atoms with Crippen LogP contribution in [0.15, 0.2) is 33.8 Å². The van der Waals surface area contributed by atoms with E-state index in [0.717, 1.165) is 29.4 Å². The van der Waals surface area contributed by atoms with Gasteiger partial charge >= 0.3 is 0 Å². The first-order valence-corrected chi connectivity index (χ1v) is 9.33. The summed E-state index contributed by atoms with van der Waals surface area (Å²) in [6, 6.07) is 6.63. The van der Waals surface area contributed by atoms with Crippen LogP contribution >= 0.6 is 22.7 Å². The number of likely N-dealkylation sites (tertiary alicyclic amines) is 1. The van der Waals surface area contributed by atoms with Crippen molar-refractivity contribution in [3.05, 3.63) is 55.6 Å². The molecule has 114 valence electrons. The van der Waals surface area contributed by atoms with Crippen LogP contribution in [-0.4, -0.2) is 15.9 Å². The molecule has 1 fully saturated rings. The number of nitrogens with one attached hydrogen (secondary N) is 1. The highest BCUT2D eigenvalue weighted by molar-refractivity contribution is 7.15. The van der Waals surface area contributed by atoms with Crippen molar-refractivity contribution in [1.29, 1.82) is 0 Å². The highest BCUT2D eigenvalue weighted by Gasteiger charge is 2.31. The fourth-order valence-electron chi connectivity index (χ4n) is 3.38. The van der Waals surface area contributed by atoms with E-state index < -0.39 is 0 Å². The first-order chi connectivity index (χ1) is 10.7. The van der Waals surface area contributed by atoms with Crippen molar-refractivity contribution in [3.63, 3.8) is 0 Å². The van der Waals surface area contributed by atoms with Gasteiger partial charge in [-0.15, -0.1) is 22.7 Å². The highest BCUT2D eigenvalue weighted by Crippen LogP contribution is 2.23. The number of aromatic nitrogens is 2. The molecule has 0 amide bonds. The predicted octanol–water partition coefficient (Wildman–Crippen LogP) is 2.05. The van der Waals surface area contributed by atoms with E-state index in [1.54, 1.807) is 21.8 Å². The summed E-state index contributed by atoms with van der Waals surface area (Å²) in [4.78, 5) is 20.8. The van der Waals surface area contributed by atoms with E-state index in [1.807, 2.05) is 23.6 Å². The van der Waals surface area contributed by atoms with Gasteiger partial charge in [-0.2, -0.15) is 0 Å². The Labute approximate surface area is 136 Å². The van der Waals surface area contributed by atoms with Gasteiger partial charge in [-0.1, -0.05) is 6.07 Å². The van der Waals surface area contributed by atoms with Crippen LogP contribution in [0.2, 0.25) is 0 Å². The molecule has 3 aromatic heterocycles. The van der Waals surface area contributed by atoms with Crippen LogP contribution in [0, 0.1) is 6.92 Å². The standard InChI is InChI=1S/C16H17N3OS2/c1-11-10-22-16-17-12(8-15(20)19(11)16)9-18-6-2-4-13(18)14-5-3-7-21-14/h3,5,7-8,10,13H,2,4,6,9H2,1H3/p+1/t13-/m1/s1. The lowest BCUT2D eigenvalue weighted by Crippen LogP contribution is -3.08. The average Bonchev–Trinajstić information content (AvgIpc) is 3.19. The first kappa shape index (κ1) is 14.1. The number of nitrogens with zero attached hydrogens (tertiary/aromatic N) is 2. The molecule has 0 aliphatic carbocycles. The van der Waals surface area contributed by atoms with Gasteiger partial charge in [0.15, 0.2) is 4.96 Å². The van der Waals surface area contributed by atoms with E-state index in [1.165, 1.54) is 22.6 Å². The maximum absolute atomic E-state index is 12.3. The molecule has 3 aromatic rings. The molecule has 0 bridgehead atoms. The van der Waals surface area contributed by atoms with E-state index in [2.05, 4.69) is 17.5 Å². The maximum atomic E-state index is 12.3. The minimum Gasteiger partial charge on any atom is -0.323 e. The van der Waals surface area contributed by atoms with Gasteiger partial charge in [0, 0.05) is 30.0 Å². The van der Waals surface area contributed by atoms with Crippen molar-refractivity contribution in [2.45, 2.75) is 32.4 Å². The second-order valence-electron chi connectivity index (χ2n) is 5.88. The zero-order valence-electron chi connectivity index (χ0n) is 12.4. The Bertz CT molecular complexity index is 850. The Morgan fingerprint density at radius 2 is 2.36 bits per heavy atom. The largest absolute Gasteiger partial charge is 0.323 e. The highest BCUT2D eigenvalue weighted by atomic mass is 32.1. The van der Waals surface area contributed by atoms with Crippen LogP contribution in [-0.2, 0) is 6.54 Å². The van der Waals surface area contributed by atoms with Crippen molar-refractivity contribution in [2.24, 2.45) is 0 Å². The number of hydrogen-bond donors (Lipinski definition) is 1. The Hall–Kier alpha value is -1.50. The third kappa shape index (κ3) is 2.41. The normalized spacial score (nSPS) is 21.7. The van der Waals surface area contributed by atoms with Gasteiger partial charge in [0.1, 0.15) is 18.3 Å². The molecule has 6 heteroatoms. The third-order valence-corrected chi connectivity index (χ3v) is 6.34. The van der Waals surface area contributed by atoms with Crippen LogP contribution in [0.4, 0.5) is 0 Å². The minimum absolute atomic E-state index is 0.0463. The first-order valence-electron chi connectivity index (χ1n) is 7.57. The maximum Gasteiger partial charge on any atom is 0.259 e. The molecule has 4 rings (SSSR count). The number of hydrogen-bond acceptors (Lipinski definition) is 4. The Balaban J connectivity index is 1.64. The van der Waals surface area contributed by atoms with Crippen molar-refractivity contribution in [3.8, 4) is 0 Å². The number of quaternary nitrogens is 1. The minimum atomic E-state index is 0.0463. The number of thiophene rings is 1. The lowest BCUT2D eigenvalue weighted by Gasteiger charge is -2.20. The summed E-state index contributed by atoms with van der Waals surface area (Å²) in [6.07, 6.45) is 2.48. The summed E-state index contributed by atoms with van der Waals surface area (Å²) in [5, 5.41) is 4.14. The van der Waals surface area contributed by atoms with Gasteiger partial charge in [0.25, 0.3) is 5.56 Å². The molecule has 1 saturated heterocycles. The summed E-state index contributed by atoms with van der Waals surface area (Å²) in [7, 11) is 0. The lowest BCUT2D eigenvalue weighted by atomic mass is 10.2. The Morgan fingerprint density at radius 1 is 1.45 bits per heavy atom. The summed E-state index contributed by atoms with van der Waals surface area (Å²) in [5.41, 5.74) is 1.93. The molecule has 0 radical (unpaired) electrons. The van der Waals surface area contributed by atoms with Gasteiger partial charge in [-0.05, 0) is 18.4 Å². The number of fused-ring (bicyclic) bond motifs is 1. The third-order valence-electron chi connectivity index (χ3n) is 4.41. The zero-order chi connectivity index (χ0) is 15.1. The topological polar surface area (TPSA) is 38.8 Å². The fraction of sp³-hybridized carbons (Fsp3) is 0.375. The molecule has 0 saturated carbocycles. The van der Waals surface area contributed by atoms with Crippen LogP contribution in [0.25, 0.3) is 4.96 Å². The van der Waals surface area contributed by atoms with E-state index in [9.17, 15) is 4.79 Å². The summed E-state index contributed by atoms with van der Waals surface area (Å²) >= 11 is 3.38. The van der Waals surface area contributed by atoms with Crippen molar-refractivity contribution >= 4 is 27.6 Å². The van der Waals surface area contributed by atoms with Crippen molar-refractivity contribution in [2.75, 3.05) is 6.54 Å². The quantitative estimate of drug-likeness (QED) is 0.797. The Morgan fingerprint density at radius 3 is 3.18 bits per heavy atom. The molecule has 4 heterocycles. The van der Waals surface area contributed by atoms with Gasteiger partial charge in [-0.25, -0.2) is 4.98 Å². The second kappa shape index (κ2) is 5.61. The van der Waals surface area contributed by atoms with Crippen LogP contribution < -0.4 is 10.5 Å². The molecule has 1 aliphatic rings. The van der Waals surface area contributed by atoms with E-state index in [0.29, 0.717) is 6.04 Å². The van der Waals surface area contributed by atoms with E-state index in [-0.39, 0.29) is 5.56 Å². The molecule has 22 heavy (non-hydrogen) atoms. The molecule has 2 atom stereocenters. The average molecular weight is 332 g/mol. The molecule has 0 spiro atoms. The van der Waals surface area contributed by atoms with Gasteiger partial charge < -0.3 is 4.90 Å². The summed E-state index contributed by atoms with van der Waals surface area (Å²) < 4.78 is 1.70. The van der Waals surface area contributed by atoms with Crippen LogP contribution in [0.5, 0.6) is 0 Å². The van der Waals surface area contributed by atoms with Crippen LogP contribution in [0.3, 0.4) is 0 Å².